The number of hydrogen-bond acceptors (Lipinski definition) is 5. The van der Waals surface area contributed by atoms with Gasteiger partial charge in [0.1, 0.15) is 0 Å². The van der Waals surface area contributed by atoms with E-state index in [0.717, 1.165) is 7.11 Å². The van der Waals surface area contributed by atoms with Gasteiger partial charge in [0.05, 0.1) is 12.4 Å². The van der Waals surface area contributed by atoms with Crippen molar-refractivity contribution in [1.29, 1.82) is 0 Å². The van der Waals surface area contributed by atoms with Crippen LogP contribution in [0.15, 0.2) is 5.29 Å². The predicted molar refractivity (Wildman–Crippen MR) is 21.1 cm³/mol. The van der Waals surface area contributed by atoms with Crippen LogP contribution in [0.2, 0.25) is 0 Å². The standard InChI is InChI=1S/CH4N3O3/c1-7-4(6)2-3-5/h1H3,(H,2,5)/q-1. The second-order valence-corrected chi connectivity index (χ2v) is 0.631. The van der Waals surface area contributed by atoms with Crippen LogP contribution in [0.4, 0.5) is 0 Å². The van der Waals surface area contributed by atoms with Crippen LogP contribution >= 0.6 is 0 Å². The number of rotatable bonds is 3. The van der Waals surface area contributed by atoms with Crippen molar-refractivity contribution in [3.8, 4) is 0 Å². The van der Waals surface area contributed by atoms with Crippen LogP contribution < -0.4 is 5.53 Å². The van der Waals surface area contributed by atoms with Gasteiger partial charge in [0, 0.05) is 0 Å². The third kappa shape index (κ3) is 3.10. The molecule has 0 heterocycles. The minimum absolute atomic E-state index is 0.174. The van der Waals surface area contributed by atoms with E-state index in [1.807, 2.05) is 5.29 Å². The van der Waals surface area contributed by atoms with Gasteiger partial charge in [0.25, 0.3) is 0 Å². The van der Waals surface area contributed by atoms with Gasteiger partial charge in [-0.1, -0.05) is 0 Å². The summed E-state index contributed by atoms with van der Waals surface area (Å²) in [5.74, 6) is 0. The first-order valence-electron chi connectivity index (χ1n) is 1.40. The van der Waals surface area contributed by atoms with Crippen LogP contribution in [0, 0.1) is 10.1 Å². The number of hydrogen-bond donors (Lipinski definition) is 1. The third-order valence-corrected chi connectivity index (χ3v) is 0.288. The van der Waals surface area contributed by atoms with Gasteiger partial charge in [-0.15, -0.1) is 4.91 Å². The van der Waals surface area contributed by atoms with E-state index in [2.05, 4.69) is 4.84 Å². The van der Waals surface area contributed by atoms with Gasteiger partial charge in [0.15, 0.2) is 0 Å². The number of nitrogens with one attached hydrogen (secondary N) is 1. The highest BCUT2D eigenvalue weighted by Gasteiger charge is 1.75. The topological polar surface area (TPSA) is 77.0 Å². The minimum atomic E-state index is -0.174. The molecule has 0 aliphatic heterocycles. The maximum atomic E-state index is 9.70. The third-order valence-electron chi connectivity index (χ3n) is 0.288. The fourth-order valence-corrected chi connectivity index (χ4v) is 0.0742. The second kappa shape index (κ2) is 3.47. The largest absolute Gasteiger partial charge is 0.742 e. The fraction of sp³-hybridized carbons (Fsp3) is 1.00. The van der Waals surface area contributed by atoms with Gasteiger partial charge in [0.2, 0.25) is 0 Å². The average Bonchev–Trinajstić information content (AvgIpc) is 1.68. The van der Waals surface area contributed by atoms with Crippen molar-refractivity contribution in [1.82, 2.24) is 10.9 Å². The highest BCUT2D eigenvalue weighted by molar-refractivity contribution is 4.23. The van der Waals surface area contributed by atoms with Crippen molar-refractivity contribution in [3.05, 3.63) is 10.1 Å². The molecule has 1 N–H and O–H groups in total. The first-order valence-corrected chi connectivity index (χ1v) is 1.40. The maximum Gasteiger partial charge on any atom is 0.0669 e. The molecule has 0 fully saturated rings. The van der Waals surface area contributed by atoms with E-state index < -0.39 is 0 Å². The lowest BCUT2D eigenvalue weighted by molar-refractivity contribution is -0.129. The van der Waals surface area contributed by atoms with Crippen molar-refractivity contribution in [3.63, 3.8) is 0 Å². The lowest BCUT2D eigenvalue weighted by Gasteiger charge is -2.19. The molecule has 0 bridgehead atoms. The lowest BCUT2D eigenvalue weighted by atomic mass is 11.7. The average molecular weight is 106 g/mol. The van der Waals surface area contributed by atoms with Gasteiger partial charge < -0.3 is 5.21 Å². The zero-order valence-electron chi connectivity index (χ0n) is 3.62. The summed E-state index contributed by atoms with van der Waals surface area (Å²) in [6.07, 6.45) is 0. The van der Waals surface area contributed by atoms with Crippen molar-refractivity contribution in [2.24, 2.45) is 5.29 Å². The Hall–Kier alpha value is -0.720. The maximum absolute atomic E-state index is 9.70. The molecule has 6 nitrogen and oxygen atoms in total. The highest BCUT2D eigenvalue weighted by Crippen LogP contribution is 1.71. The molecule has 0 atom stereocenters. The van der Waals surface area contributed by atoms with Gasteiger partial charge in [-0.3, -0.25) is 4.84 Å². The van der Waals surface area contributed by atoms with Gasteiger partial charge in [-0.05, 0) is 0 Å². The Morgan fingerprint density at radius 1 is 2.00 bits per heavy atom. The predicted octanol–water partition coefficient (Wildman–Crippen LogP) is -0.466. The van der Waals surface area contributed by atoms with Gasteiger partial charge in [-0.25, -0.2) is 0 Å². The van der Waals surface area contributed by atoms with Gasteiger partial charge >= 0.3 is 0 Å². The molecular formula is CH4N3O3-. The summed E-state index contributed by atoms with van der Waals surface area (Å²) in [4.78, 5) is 13.0. The smallest absolute Gasteiger partial charge is 0.0669 e. The van der Waals surface area contributed by atoms with E-state index in [4.69, 9.17) is 4.91 Å². The summed E-state index contributed by atoms with van der Waals surface area (Å²) >= 11 is 0. The number of nitrogens with zero attached hydrogens (tertiary/aromatic N) is 2. The molecule has 0 spiro atoms. The minimum Gasteiger partial charge on any atom is -0.742 e. The van der Waals surface area contributed by atoms with Crippen LogP contribution in [-0.2, 0) is 4.84 Å². The molecule has 0 unspecified atom stereocenters. The first kappa shape index (κ1) is 6.28. The van der Waals surface area contributed by atoms with E-state index in [-0.39, 0.29) is 5.34 Å². The molecule has 0 aromatic carbocycles. The Labute approximate surface area is 39.5 Å². The molecule has 0 aromatic rings. The Morgan fingerprint density at radius 3 is 2.71 bits per heavy atom. The van der Waals surface area contributed by atoms with E-state index >= 15 is 0 Å². The van der Waals surface area contributed by atoms with Crippen LogP contribution in [0.1, 0.15) is 0 Å². The van der Waals surface area contributed by atoms with Crippen LogP contribution in [0.5, 0.6) is 0 Å². The van der Waals surface area contributed by atoms with Crippen LogP contribution in [0.25, 0.3) is 0 Å². The zero-order valence-corrected chi connectivity index (χ0v) is 3.62. The molecule has 7 heavy (non-hydrogen) atoms. The molecular weight excluding hydrogens is 102 g/mol. The zero-order chi connectivity index (χ0) is 5.70. The van der Waals surface area contributed by atoms with Crippen LogP contribution in [0.3, 0.4) is 0 Å². The summed E-state index contributed by atoms with van der Waals surface area (Å²) in [5, 5.41) is 11.5. The summed E-state index contributed by atoms with van der Waals surface area (Å²) in [5.41, 5.74) is 1.42. The SMILES string of the molecule is CON([O-])NN=O. The fourth-order valence-electron chi connectivity index (χ4n) is 0.0742. The molecule has 42 valence electrons. The van der Waals surface area contributed by atoms with E-state index in [0.29, 0.717) is 0 Å². The molecule has 0 aliphatic carbocycles. The molecule has 0 aromatic heterocycles. The van der Waals surface area contributed by atoms with Crippen molar-refractivity contribution < 1.29 is 4.84 Å². The highest BCUT2D eigenvalue weighted by atomic mass is 16.9. The molecule has 0 saturated heterocycles. The molecule has 0 rings (SSSR count). The molecule has 0 amide bonds. The Balaban J connectivity index is 2.98. The Bertz CT molecular complexity index is 56.1. The summed E-state index contributed by atoms with van der Waals surface area (Å²) in [7, 11) is 1.10. The summed E-state index contributed by atoms with van der Waals surface area (Å²) in [6, 6.07) is 0. The second-order valence-electron chi connectivity index (χ2n) is 0.631. The van der Waals surface area contributed by atoms with Crippen molar-refractivity contribution >= 4 is 0 Å². The quantitative estimate of drug-likeness (QED) is 0.389. The molecule has 6 heteroatoms. The molecule has 0 saturated carbocycles. The van der Waals surface area contributed by atoms with Crippen LogP contribution in [-0.4, -0.2) is 12.4 Å². The van der Waals surface area contributed by atoms with Crippen molar-refractivity contribution in [2.45, 2.75) is 0 Å². The van der Waals surface area contributed by atoms with Gasteiger partial charge in [-0.2, -0.15) is 10.9 Å². The van der Waals surface area contributed by atoms with E-state index in [9.17, 15) is 5.21 Å². The number of hydrazine groups is 1. The van der Waals surface area contributed by atoms with E-state index in [1.54, 1.807) is 0 Å². The monoisotopic (exact) mass is 106 g/mol. The lowest BCUT2D eigenvalue weighted by Crippen LogP contribution is -2.25. The molecule has 0 radical (unpaired) electrons. The first-order chi connectivity index (χ1) is 3.31. The summed E-state index contributed by atoms with van der Waals surface area (Å²) in [6.45, 7) is 0. The Kier molecular flexibility index (Phi) is 3.11. The van der Waals surface area contributed by atoms with E-state index in [1.165, 1.54) is 5.53 Å². The molecule has 0 aliphatic rings. The Morgan fingerprint density at radius 2 is 2.57 bits per heavy atom. The number of nitroso groups, excluding NO2 is 1. The summed E-state index contributed by atoms with van der Waals surface area (Å²) < 4.78 is 0. The van der Waals surface area contributed by atoms with Crippen molar-refractivity contribution in [2.75, 3.05) is 7.11 Å². The normalized spacial score (nSPS) is 9.00.